The van der Waals surface area contributed by atoms with E-state index in [0.717, 1.165) is 17.5 Å². The Hall–Kier alpha value is -1.60. The van der Waals surface area contributed by atoms with Crippen LogP contribution in [0, 0.1) is 13.8 Å². The second kappa shape index (κ2) is 7.42. The molecule has 0 unspecified atom stereocenters. The third-order valence-corrected chi connectivity index (χ3v) is 4.65. The van der Waals surface area contributed by atoms with Gasteiger partial charge in [-0.3, -0.25) is 4.79 Å². The maximum atomic E-state index is 12.1. The number of carbonyl (C=O) groups is 1. The zero-order valence-electron chi connectivity index (χ0n) is 12.7. The molecule has 0 saturated heterocycles. The van der Waals surface area contributed by atoms with Gasteiger partial charge in [-0.1, -0.05) is 6.92 Å². The summed E-state index contributed by atoms with van der Waals surface area (Å²) in [6, 6.07) is 3.01. The largest absolute Gasteiger partial charge is 0.398 e. The number of benzene rings is 1. The summed E-state index contributed by atoms with van der Waals surface area (Å²) in [6.45, 7) is 6.26. The van der Waals surface area contributed by atoms with Crippen molar-refractivity contribution in [1.82, 2.24) is 10.0 Å². The molecule has 0 bridgehead atoms. The molecule has 0 spiro atoms. The summed E-state index contributed by atoms with van der Waals surface area (Å²) in [7, 11) is -3.65. The zero-order valence-corrected chi connectivity index (χ0v) is 13.5. The Kier molecular flexibility index (Phi) is 6.17. The second-order valence-electron chi connectivity index (χ2n) is 4.95. The molecule has 1 aromatic carbocycles. The molecular formula is C14H23N3O3S. The minimum Gasteiger partial charge on any atom is -0.398 e. The Balaban J connectivity index is 2.68. The topological polar surface area (TPSA) is 101 Å². The summed E-state index contributed by atoms with van der Waals surface area (Å²) in [5.41, 5.74) is 7.92. The first kappa shape index (κ1) is 17.5. The van der Waals surface area contributed by atoms with Gasteiger partial charge in [0.15, 0.2) is 0 Å². The van der Waals surface area contributed by atoms with Crippen LogP contribution in [-0.2, 0) is 14.8 Å². The van der Waals surface area contributed by atoms with E-state index in [4.69, 9.17) is 5.73 Å². The van der Waals surface area contributed by atoms with Gasteiger partial charge in [-0.05, 0) is 43.5 Å². The van der Waals surface area contributed by atoms with Gasteiger partial charge in [0.1, 0.15) is 0 Å². The number of sulfonamides is 1. The molecule has 0 atom stereocenters. The highest BCUT2D eigenvalue weighted by Crippen LogP contribution is 2.21. The zero-order chi connectivity index (χ0) is 16.0. The third-order valence-electron chi connectivity index (χ3n) is 3.21. The summed E-state index contributed by atoms with van der Waals surface area (Å²) in [4.78, 5) is 11.5. The molecule has 7 heteroatoms. The van der Waals surface area contributed by atoms with Crippen molar-refractivity contribution in [3.8, 4) is 0 Å². The second-order valence-corrected chi connectivity index (χ2v) is 6.72. The minimum atomic E-state index is -3.65. The number of nitrogen functional groups attached to an aromatic ring is 1. The Bertz CT molecular complexity index is 589. The number of rotatable bonds is 7. The van der Waals surface area contributed by atoms with Crippen LogP contribution in [0.3, 0.4) is 0 Å². The standard InChI is InChI=1S/C14H23N3O3S/c1-4-6-16-14(18)5-7-17-21(19,20)12-8-10(2)11(3)13(15)9-12/h8-9,17H,4-7,15H2,1-3H3,(H,16,18). The van der Waals surface area contributed by atoms with Crippen LogP contribution in [0.15, 0.2) is 17.0 Å². The average molecular weight is 313 g/mol. The summed E-state index contributed by atoms with van der Waals surface area (Å²) < 4.78 is 26.7. The van der Waals surface area contributed by atoms with Crippen molar-refractivity contribution in [2.45, 2.75) is 38.5 Å². The number of aryl methyl sites for hydroxylation is 1. The molecular weight excluding hydrogens is 290 g/mol. The van der Waals surface area contributed by atoms with Crippen LogP contribution in [0.25, 0.3) is 0 Å². The van der Waals surface area contributed by atoms with Crippen LogP contribution in [0.4, 0.5) is 5.69 Å². The molecule has 21 heavy (non-hydrogen) atoms. The Morgan fingerprint density at radius 3 is 2.48 bits per heavy atom. The van der Waals surface area contributed by atoms with Gasteiger partial charge in [-0.25, -0.2) is 13.1 Å². The summed E-state index contributed by atoms with van der Waals surface area (Å²) in [5, 5.41) is 2.69. The Labute approximate surface area is 126 Å². The van der Waals surface area contributed by atoms with Crippen molar-refractivity contribution < 1.29 is 13.2 Å². The van der Waals surface area contributed by atoms with Crippen LogP contribution in [0.2, 0.25) is 0 Å². The SMILES string of the molecule is CCCNC(=O)CCNS(=O)(=O)c1cc(C)c(C)c(N)c1. The lowest BCUT2D eigenvalue weighted by atomic mass is 10.1. The minimum absolute atomic E-state index is 0.0602. The first-order chi connectivity index (χ1) is 9.77. The van der Waals surface area contributed by atoms with Gasteiger partial charge >= 0.3 is 0 Å². The first-order valence-electron chi connectivity index (χ1n) is 6.91. The molecule has 0 aromatic heterocycles. The maximum Gasteiger partial charge on any atom is 0.240 e. The fraction of sp³-hybridized carbons (Fsp3) is 0.500. The van der Waals surface area contributed by atoms with Crippen LogP contribution in [-0.4, -0.2) is 27.4 Å². The Morgan fingerprint density at radius 1 is 1.24 bits per heavy atom. The fourth-order valence-electron chi connectivity index (χ4n) is 1.74. The molecule has 0 fully saturated rings. The number of nitrogens with two attached hydrogens (primary N) is 1. The molecule has 0 aliphatic heterocycles. The van der Waals surface area contributed by atoms with E-state index in [1.54, 1.807) is 6.07 Å². The van der Waals surface area contributed by atoms with Gasteiger partial charge < -0.3 is 11.1 Å². The molecule has 1 aromatic rings. The van der Waals surface area contributed by atoms with E-state index in [9.17, 15) is 13.2 Å². The highest BCUT2D eigenvalue weighted by molar-refractivity contribution is 7.89. The third kappa shape index (κ3) is 5.02. The summed E-state index contributed by atoms with van der Waals surface area (Å²) >= 11 is 0. The quantitative estimate of drug-likeness (QED) is 0.656. The molecule has 6 nitrogen and oxygen atoms in total. The van der Waals surface area contributed by atoms with E-state index >= 15 is 0 Å². The van der Waals surface area contributed by atoms with Crippen LogP contribution >= 0.6 is 0 Å². The molecule has 0 aliphatic rings. The average Bonchev–Trinajstić information content (AvgIpc) is 2.41. The first-order valence-corrected chi connectivity index (χ1v) is 8.39. The molecule has 0 heterocycles. The van der Waals surface area contributed by atoms with E-state index in [1.165, 1.54) is 6.07 Å². The number of hydrogen-bond donors (Lipinski definition) is 3. The number of hydrogen-bond acceptors (Lipinski definition) is 4. The van der Waals surface area contributed by atoms with Crippen molar-refractivity contribution in [2.75, 3.05) is 18.8 Å². The smallest absolute Gasteiger partial charge is 0.240 e. The van der Waals surface area contributed by atoms with Crippen LogP contribution in [0.5, 0.6) is 0 Å². The predicted octanol–water partition coefficient (Wildman–Crippen LogP) is 1.08. The molecule has 0 saturated carbocycles. The lowest BCUT2D eigenvalue weighted by Gasteiger charge is -2.11. The van der Waals surface area contributed by atoms with Gasteiger partial charge in [-0.15, -0.1) is 0 Å². The summed E-state index contributed by atoms with van der Waals surface area (Å²) in [5.74, 6) is -0.167. The van der Waals surface area contributed by atoms with Gasteiger partial charge in [0.25, 0.3) is 0 Å². The lowest BCUT2D eigenvalue weighted by Crippen LogP contribution is -2.31. The van der Waals surface area contributed by atoms with E-state index in [0.29, 0.717) is 12.2 Å². The predicted molar refractivity (Wildman–Crippen MR) is 83.4 cm³/mol. The number of amides is 1. The fourth-order valence-corrected chi connectivity index (χ4v) is 2.89. The monoisotopic (exact) mass is 313 g/mol. The van der Waals surface area contributed by atoms with Gasteiger partial charge in [0, 0.05) is 25.2 Å². The highest BCUT2D eigenvalue weighted by atomic mass is 32.2. The lowest BCUT2D eigenvalue weighted by molar-refractivity contribution is -0.120. The van der Waals surface area contributed by atoms with Gasteiger partial charge in [-0.2, -0.15) is 0 Å². The Morgan fingerprint density at radius 2 is 1.90 bits per heavy atom. The van der Waals surface area contributed by atoms with Crippen molar-refractivity contribution >= 4 is 21.6 Å². The maximum absolute atomic E-state index is 12.1. The molecule has 0 radical (unpaired) electrons. The number of carbonyl (C=O) groups excluding carboxylic acids is 1. The van der Waals surface area contributed by atoms with Crippen LogP contribution in [0.1, 0.15) is 30.9 Å². The van der Waals surface area contributed by atoms with Gasteiger partial charge in [0.2, 0.25) is 15.9 Å². The van der Waals surface area contributed by atoms with E-state index in [1.807, 2.05) is 20.8 Å². The van der Waals surface area contributed by atoms with E-state index in [-0.39, 0.29) is 23.8 Å². The normalized spacial score (nSPS) is 11.4. The van der Waals surface area contributed by atoms with Crippen molar-refractivity contribution in [2.24, 2.45) is 0 Å². The number of anilines is 1. The molecule has 4 N–H and O–H groups in total. The molecule has 0 aliphatic carbocycles. The number of nitrogens with one attached hydrogen (secondary N) is 2. The van der Waals surface area contributed by atoms with Crippen molar-refractivity contribution in [3.63, 3.8) is 0 Å². The van der Waals surface area contributed by atoms with Crippen molar-refractivity contribution in [3.05, 3.63) is 23.3 Å². The highest BCUT2D eigenvalue weighted by Gasteiger charge is 2.16. The van der Waals surface area contributed by atoms with Gasteiger partial charge in [0.05, 0.1) is 4.90 Å². The van der Waals surface area contributed by atoms with E-state index < -0.39 is 10.0 Å². The van der Waals surface area contributed by atoms with Crippen molar-refractivity contribution in [1.29, 1.82) is 0 Å². The van der Waals surface area contributed by atoms with E-state index in [2.05, 4.69) is 10.0 Å². The van der Waals surface area contributed by atoms with Crippen LogP contribution < -0.4 is 15.8 Å². The summed E-state index contributed by atoms with van der Waals surface area (Å²) in [6.07, 6.45) is 0.957. The molecule has 1 rings (SSSR count). The molecule has 118 valence electrons. The molecule has 1 amide bonds.